The second kappa shape index (κ2) is 5.64. The lowest BCUT2D eigenvalue weighted by Gasteiger charge is -2.39. The fraction of sp³-hybridized carbons (Fsp3) is 0.917. The van der Waals surface area contributed by atoms with Crippen LogP contribution in [0.5, 0.6) is 0 Å². The van der Waals surface area contributed by atoms with Crippen LogP contribution in [0.15, 0.2) is 0 Å². The first kappa shape index (κ1) is 13.5. The van der Waals surface area contributed by atoms with E-state index < -0.39 is 5.60 Å². The van der Waals surface area contributed by atoms with E-state index in [1.807, 2.05) is 0 Å². The van der Waals surface area contributed by atoms with Crippen molar-refractivity contribution in [3.63, 3.8) is 0 Å². The number of rotatable bonds is 4. The summed E-state index contributed by atoms with van der Waals surface area (Å²) in [7, 11) is 0. The number of nitrogens with zero attached hydrogens (tertiary/aromatic N) is 1. The van der Waals surface area contributed by atoms with Crippen LogP contribution in [0.4, 0.5) is 0 Å². The number of piperidine rings is 1. The number of carbonyl (C=O) groups is 1. The first-order valence-electron chi connectivity index (χ1n) is 6.09. The highest BCUT2D eigenvalue weighted by molar-refractivity contribution is 5.70. The van der Waals surface area contributed by atoms with E-state index in [0.29, 0.717) is 25.5 Å². The molecule has 4 nitrogen and oxygen atoms in total. The first-order chi connectivity index (χ1) is 7.47. The van der Waals surface area contributed by atoms with Gasteiger partial charge in [0.15, 0.2) is 0 Å². The molecule has 1 heterocycles. The van der Waals surface area contributed by atoms with Crippen molar-refractivity contribution in [1.82, 2.24) is 4.90 Å². The molecule has 4 heteroatoms. The Morgan fingerprint density at radius 2 is 2.00 bits per heavy atom. The molecular weight excluding hydrogens is 206 g/mol. The van der Waals surface area contributed by atoms with Gasteiger partial charge in [-0.25, -0.2) is 0 Å². The molecule has 0 spiro atoms. The van der Waals surface area contributed by atoms with Gasteiger partial charge in [0.2, 0.25) is 0 Å². The number of hydrogen-bond acceptors (Lipinski definition) is 4. The van der Waals surface area contributed by atoms with Gasteiger partial charge in [0, 0.05) is 19.1 Å². The number of likely N-dealkylation sites (tertiary alicyclic amines) is 1. The summed E-state index contributed by atoms with van der Waals surface area (Å²) >= 11 is 0. The predicted octanol–water partition coefficient (Wildman–Crippen LogP) is 1.17. The van der Waals surface area contributed by atoms with Crippen molar-refractivity contribution in [2.24, 2.45) is 0 Å². The van der Waals surface area contributed by atoms with Gasteiger partial charge in [0.05, 0.1) is 18.6 Å². The molecule has 16 heavy (non-hydrogen) atoms. The lowest BCUT2D eigenvalue weighted by molar-refractivity contribution is -0.150. The van der Waals surface area contributed by atoms with Crippen LogP contribution in [-0.2, 0) is 9.53 Å². The van der Waals surface area contributed by atoms with Gasteiger partial charge in [-0.3, -0.25) is 4.79 Å². The van der Waals surface area contributed by atoms with Crippen LogP contribution < -0.4 is 0 Å². The summed E-state index contributed by atoms with van der Waals surface area (Å²) in [5.74, 6) is -0.289. The van der Waals surface area contributed by atoms with Gasteiger partial charge in [-0.1, -0.05) is 0 Å². The number of aliphatic hydroxyl groups is 1. The average molecular weight is 229 g/mol. The molecule has 0 aromatic rings. The Morgan fingerprint density at radius 3 is 2.44 bits per heavy atom. The van der Waals surface area contributed by atoms with Crippen molar-refractivity contribution < 1.29 is 14.6 Å². The van der Waals surface area contributed by atoms with Crippen LogP contribution in [-0.4, -0.2) is 47.3 Å². The Labute approximate surface area is 97.6 Å². The van der Waals surface area contributed by atoms with E-state index in [4.69, 9.17) is 4.74 Å². The van der Waals surface area contributed by atoms with Crippen LogP contribution in [0.2, 0.25) is 0 Å². The van der Waals surface area contributed by atoms with Crippen molar-refractivity contribution >= 4 is 5.97 Å². The SMILES string of the molecule is CCOC(=O)CC1(O)CCN(C(C)C)CC1. The van der Waals surface area contributed by atoms with E-state index in [-0.39, 0.29) is 12.4 Å². The monoisotopic (exact) mass is 229 g/mol. The molecule has 1 aliphatic heterocycles. The normalized spacial score (nSPS) is 21.1. The molecule has 0 atom stereocenters. The molecule has 1 rings (SSSR count). The lowest BCUT2D eigenvalue weighted by atomic mass is 9.88. The van der Waals surface area contributed by atoms with E-state index in [2.05, 4.69) is 18.7 Å². The largest absolute Gasteiger partial charge is 0.466 e. The molecule has 94 valence electrons. The minimum atomic E-state index is -0.850. The molecule has 1 fully saturated rings. The maximum absolute atomic E-state index is 11.3. The van der Waals surface area contributed by atoms with Crippen molar-refractivity contribution in [2.45, 2.75) is 51.7 Å². The molecule has 1 aliphatic rings. The Kier molecular flexibility index (Phi) is 4.74. The van der Waals surface area contributed by atoms with Gasteiger partial charge in [0.25, 0.3) is 0 Å². The van der Waals surface area contributed by atoms with Gasteiger partial charge >= 0.3 is 5.97 Å². The third kappa shape index (κ3) is 3.76. The van der Waals surface area contributed by atoms with Crippen LogP contribution in [0.3, 0.4) is 0 Å². The molecule has 0 amide bonds. The Hall–Kier alpha value is -0.610. The second-order valence-corrected chi connectivity index (χ2v) is 4.84. The molecule has 0 bridgehead atoms. The van der Waals surface area contributed by atoms with Crippen LogP contribution >= 0.6 is 0 Å². The van der Waals surface area contributed by atoms with E-state index in [0.717, 1.165) is 13.1 Å². The predicted molar refractivity (Wildman–Crippen MR) is 62.1 cm³/mol. The molecule has 0 aliphatic carbocycles. The maximum Gasteiger partial charge on any atom is 0.308 e. The van der Waals surface area contributed by atoms with Gasteiger partial charge in [-0.05, 0) is 33.6 Å². The number of hydrogen-bond donors (Lipinski definition) is 1. The third-order valence-corrected chi connectivity index (χ3v) is 3.24. The molecular formula is C12H23NO3. The highest BCUT2D eigenvalue weighted by Gasteiger charge is 2.35. The number of carbonyl (C=O) groups excluding carboxylic acids is 1. The zero-order valence-electron chi connectivity index (χ0n) is 10.5. The minimum absolute atomic E-state index is 0.132. The first-order valence-corrected chi connectivity index (χ1v) is 6.09. The summed E-state index contributed by atoms with van der Waals surface area (Å²) in [4.78, 5) is 13.7. The molecule has 0 saturated carbocycles. The van der Waals surface area contributed by atoms with Crippen molar-refractivity contribution in [3.8, 4) is 0 Å². The van der Waals surface area contributed by atoms with Gasteiger partial charge in [0.1, 0.15) is 0 Å². The standard InChI is InChI=1S/C12H23NO3/c1-4-16-11(14)9-12(15)5-7-13(8-6-12)10(2)3/h10,15H,4-9H2,1-3H3. The molecule has 0 unspecified atom stereocenters. The molecule has 1 N–H and O–H groups in total. The maximum atomic E-state index is 11.3. The fourth-order valence-electron chi connectivity index (χ4n) is 2.11. The molecule has 0 radical (unpaired) electrons. The minimum Gasteiger partial charge on any atom is -0.466 e. The highest BCUT2D eigenvalue weighted by atomic mass is 16.5. The van der Waals surface area contributed by atoms with Gasteiger partial charge < -0.3 is 14.7 Å². The lowest BCUT2D eigenvalue weighted by Crippen LogP contribution is -2.47. The van der Waals surface area contributed by atoms with E-state index in [9.17, 15) is 9.90 Å². The quantitative estimate of drug-likeness (QED) is 0.735. The van der Waals surface area contributed by atoms with Gasteiger partial charge in [-0.15, -0.1) is 0 Å². The summed E-state index contributed by atoms with van der Waals surface area (Å²) in [6.07, 6.45) is 1.45. The van der Waals surface area contributed by atoms with Crippen molar-refractivity contribution in [1.29, 1.82) is 0 Å². The third-order valence-electron chi connectivity index (χ3n) is 3.24. The average Bonchev–Trinajstić information content (AvgIpc) is 2.17. The zero-order chi connectivity index (χ0) is 12.2. The fourth-order valence-corrected chi connectivity index (χ4v) is 2.11. The summed E-state index contributed by atoms with van der Waals surface area (Å²) in [6, 6.07) is 0.507. The smallest absolute Gasteiger partial charge is 0.308 e. The van der Waals surface area contributed by atoms with Crippen LogP contribution in [0.25, 0.3) is 0 Å². The summed E-state index contributed by atoms with van der Waals surface area (Å²) < 4.78 is 4.87. The summed E-state index contributed by atoms with van der Waals surface area (Å²) in [6.45, 7) is 8.17. The summed E-state index contributed by atoms with van der Waals surface area (Å²) in [5.41, 5.74) is -0.850. The highest BCUT2D eigenvalue weighted by Crippen LogP contribution is 2.26. The van der Waals surface area contributed by atoms with Crippen LogP contribution in [0.1, 0.15) is 40.0 Å². The van der Waals surface area contributed by atoms with E-state index in [1.54, 1.807) is 6.92 Å². The van der Waals surface area contributed by atoms with Gasteiger partial charge in [-0.2, -0.15) is 0 Å². The van der Waals surface area contributed by atoms with Crippen LogP contribution in [0, 0.1) is 0 Å². The van der Waals surface area contributed by atoms with E-state index >= 15 is 0 Å². The molecule has 1 saturated heterocycles. The Bertz CT molecular complexity index is 232. The van der Waals surface area contributed by atoms with Crippen molar-refractivity contribution in [2.75, 3.05) is 19.7 Å². The Balaban J connectivity index is 2.40. The van der Waals surface area contributed by atoms with E-state index in [1.165, 1.54) is 0 Å². The topological polar surface area (TPSA) is 49.8 Å². The second-order valence-electron chi connectivity index (χ2n) is 4.84. The molecule has 0 aromatic heterocycles. The number of esters is 1. The zero-order valence-corrected chi connectivity index (χ0v) is 10.5. The number of ether oxygens (including phenoxy) is 1. The molecule has 0 aromatic carbocycles. The van der Waals surface area contributed by atoms with Crippen molar-refractivity contribution in [3.05, 3.63) is 0 Å². The Morgan fingerprint density at radius 1 is 1.44 bits per heavy atom. The summed E-state index contributed by atoms with van der Waals surface area (Å²) in [5, 5.41) is 10.2.